The lowest BCUT2D eigenvalue weighted by Gasteiger charge is -2.07. The molecule has 15 heavy (non-hydrogen) atoms. The van der Waals surface area contributed by atoms with Crippen molar-refractivity contribution in [2.75, 3.05) is 0 Å². The molecule has 0 unspecified atom stereocenters. The van der Waals surface area contributed by atoms with Gasteiger partial charge in [-0.1, -0.05) is 11.6 Å². The molecule has 1 heterocycles. The Balaban J connectivity index is 2.36. The van der Waals surface area contributed by atoms with Crippen LogP contribution >= 0.6 is 11.6 Å². The van der Waals surface area contributed by atoms with E-state index in [1.54, 1.807) is 6.07 Å². The fourth-order valence-corrected chi connectivity index (χ4v) is 2.31. The normalized spacial score (nSPS) is 15.7. The van der Waals surface area contributed by atoms with Gasteiger partial charge in [-0.25, -0.2) is 0 Å². The smallest absolute Gasteiger partial charge is 0.198 e. The van der Waals surface area contributed by atoms with Crippen LogP contribution in [0.25, 0.3) is 11.0 Å². The van der Waals surface area contributed by atoms with Gasteiger partial charge in [0.05, 0.1) is 0 Å². The Morgan fingerprint density at radius 3 is 3.00 bits per heavy atom. The molecule has 1 aromatic heterocycles. The van der Waals surface area contributed by atoms with Crippen molar-refractivity contribution in [2.24, 2.45) is 0 Å². The molecule has 0 fully saturated rings. The van der Waals surface area contributed by atoms with Crippen molar-refractivity contribution in [3.63, 3.8) is 0 Å². The molecule has 0 spiro atoms. The summed E-state index contributed by atoms with van der Waals surface area (Å²) in [4.78, 5) is 11.6. The van der Waals surface area contributed by atoms with Crippen LogP contribution in [0, 0.1) is 0 Å². The summed E-state index contributed by atoms with van der Waals surface area (Å²) in [6.45, 7) is 0. The summed E-state index contributed by atoms with van der Waals surface area (Å²) < 4.78 is 5.55. The first kappa shape index (κ1) is 8.98. The second kappa shape index (κ2) is 3.11. The number of Topliss-reactive ketones (excluding diaryl/α,β-unsaturated/α-hetero) is 1. The van der Waals surface area contributed by atoms with E-state index < -0.39 is 0 Å². The highest BCUT2D eigenvalue weighted by Gasteiger charge is 2.24. The Morgan fingerprint density at radius 2 is 2.13 bits per heavy atom. The number of furan rings is 1. The van der Waals surface area contributed by atoms with Gasteiger partial charge in [0.2, 0.25) is 0 Å². The molecule has 0 atom stereocenters. The minimum Gasteiger partial charge on any atom is -0.453 e. The molecule has 3 rings (SSSR count). The van der Waals surface area contributed by atoms with Crippen molar-refractivity contribution in [1.29, 1.82) is 0 Å². The highest BCUT2D eigenvalue weighted by molar-refractivity contribution is 6.31. The maximum atomic E-state index is 11.6. The summed E-state index contributed by atoms with van der Waals surface area (Å²) in [6, 6.07) is 5.48. The average molecular weight is 221 g/mol. The number of ketones is 1. The minimum atomic E-state index is 0.114. The van der Waals surface area contributed by atoms with Gasteiger partial charge in [0.1, 0.15) is 5.58 Å². The summed E-state index contributed by atoms with van der Waals surface area (Å²) >= 11 is 5.93. The number of halogens is 1. The van der Waals surface area contributed by atoms with E-state index in [0.29, 0.717) is 17.2 Å². The van der Waals surface area contributed by atoms with Crippen molar-refractivity contribution in [2.45, 2.75) is 19.3 Å². The molecule has 0 aliphatic heterocycles. The summed E-state index contributed by atoms with van der Waals surface area (Å²) in [5.41, 5.74) is 1.79. The number of carbonyl (C=O) groups excluding carboxylic acids is 1. The Bertz CT molecular complexity index is 554. The van der Waals surface area contributed by atoms with Crippen LogP contribution in [-0.2, 0) is 6.42 Å². The third-order valence-corrected chi connectivity index (χ3v) is 3.07. The average Bonchev–Trinajstić information content (AvgIpc) is 2.58. The van der Waals surface area contributed by atoms with Crippen LogP contribution in [0.4, 0.5) is 0 Å². The van der Waals surface area contributed by atoms with Crippen molar-refractivity contribution in [3.05, 3.63) is 34.5 Å². The van der Waals surface area contributed by atoms with Crippen LogP contribution in [0.2, 0.25) is 5.02 Å². The lowest BCUT2D eigenvalue weighted by molar-refractivity contribution is 0.0946. The van der Waals surface area contributed by atoms with E-state index in [-0.39, 0.29) is 5.78 Å². The fourth-order valence-electron chi connectivity index (χ4n) is 2.13. The number of aryl methyl sites for hydroxylation is 1. The number of carbonyl (C=O) groups is 1. The number of hydrogen-bond acceptors (Lipinski definition) is 2. The first-order chi connectivity index (χ1) is 7.25. The molecule has 0 bridgehead atoms. The van der Waals surface area contributed by atoms with E-state index in [1.165, 1.54) is 0 Å². The predicted molar refractivity (Wildman–Crippen MR) is 58.5 cm³/mol. The van der Waals surface area contributed by atoms with Gasteiger partial charge in [-0.15, -0.1) is 0 Å². The van der Waals surface area contributed by atoms with Crippen molar-refractivity contribution >= 4 is 28.4 Å². The maximum Gasteiger partial charge on any atom is 0.198 e. The monoisotopic (exact) mass is 220 g/mol. The SMILES string of the molecule is O=C1CCCc2c1oc1ccc(Cl)cc21. The molecule has 2 nitrogen and oxygen atoms in total. The zero-order chi connectivity index (χ0) is 10.4. The van der Waals surface area contributed by atoms with Gasteiger partial charge < -0.3 is 4.42 Å². The molecule has 76 valence electrons. The van der Waals surface area contributed by atoms with Gasteiger partial charge in [-0.3, -0.25) is 4.79 Å². The van der Waals surface area contributed by atoms with E-state index >= 15 is 0 Å². The van der Waals surface area contributed by atoms with Crippen LogP contribution in [-0.4, -0.2) is 5.78 Å². The largest absolute Gasteiger partial charge is 0.453 e. The summed E-state index contributed by atoms with van der Waals surface area (Å²) in [5, 5.41) is 1.68. The van der Waals surface area contributed by atoms with E-state index in [2.05, 4.69) is 0 Å². The summed E-state index contributed by atoms with van der Waals surface area (Å²) in [5.74, 6) is 0.655. The Kier molecular flexibility index (Phi) is 1.86. The topological polar surface area (TPSA) is 30.2 Å². The van der Waals surface area contributed by atoms with Crippen LogP contribution in [0.15, 0.2) is 22.6 Å². The molecule has 0 saturated heterocycles. The number of rotatable bonds is 0. The predicted octanol–water partition coefficient (Wildman–Crippen LogP) is 3.61. The van der Waals surface area contributed by atoms with Crippen LogP contribution in [0.1, 0.15) is 29.0 Å². The zero-order valence-corrected chi connectivity index (χ0v) is 8.80. The number of hydrogen-bond donors (Lipinski definition) is 0. The zero-order valence-electron chi connectivity index (χ0n) is 8.05. The first-order valence-corrected chi connectivity index (χ1v) is 5.37. The standard InChI is InChI=1S/C12H9ClO2/c13-7-4-5-11-9(6-7)8-2-1-3-10(14)12(8)15-11/h4-6H,1-3H2. The molecule has 0 saturated carbocycles. The van der Waals surface area contributed by atoms with Crippen LogP contribution in [0.3, 0.4) is 0 Å². The molecule has 2 aromatic rings. The highest BCUT2D eigenvalue weighted by atomic mass is 35.5. The van der Waals surface area contributed by atoms with Gasteiger partial charge >= 0.3 is 0 Å². The highest BCUT2D eigenvalue weighted by Crippen LogP contribution is 2.33. The second-order valence-corrected chi connectivity index (χ2v) is 4.26. The van der Waals surface area contributed by atoms with E-state index in [0.717, 1.165) is 29.4 Å². The van der Waals surface area contributed by atoms with Crippen molar-refractivity contribution < 1.29 is 9.21 Å². The summed E-state index contributed by atoms with van der Waals surface area (Å²) in [7, 11) is 0. The molecule has 0 amide bonds. The van der Waals surface area contributed by atoms with Gasteiger partial charge in [0.25, 0.3) is 0 Å². The third kappa shape index (κ3) is 1.29. The fraction of sp³-hybridized carbons (Fsp3) is 0.250. The first-order valence-electron chi connectivity index (χ1n) is 5.00. The minimum absolute atomic E-state index is 0.114. The molecule has 3 heteroatoms. The van der Waals surface area contributed by atoms with Crippen molar-refractivity contribution in [3.8, 4) is 0 Å². The lowest BCUT2D eigenvalue weighted by atomic mass is 9.95. The van der Waals surface area contributed by atoms with Gasteiger partial charge in [-0.05, 0) is 31.0 Å². The molecule has 1 aliphatic rings. The van der Waals surface area contributed by atoms with E-state index in [9.17, 15) is 4.79 Å². The van der Waals surface area contributed by atoms with Gasteiger partial charge in [0.15, 0.2) is 11.5 Å². The molecule has 0 N–H and O–H groups in total. The molecular weight excluding hydrogens is 212 g/mol. The van der Waals surface area contributed by atoms with Gasteiger partial charge in [-0.2, -0.15) is 0 Å². The maximum absolute atomic E-state index is 11.6. The number of benzene rings is 1. The molecular formula is C12H9ClO2. The van der Waals surface area contributed by atoms with E-state index in [4.69, 9.17) is 16.0 Å². The summed E-state index contributed by atoms with van der Waals surface area (Å²) in [6.07, 6.45) is 2.42. The van der Waals surface area contributed by atoms with Crippen LogP contribution in [0.5, 0.6) is 0 Å². The number of fused-ring (bicyclic) bond motifs is 3. The molecule has 0 radical (unpaired) electrons. The lowest BCUT2D eigenvalue weighted by Crippen LogP contribution is -2.07. The van der Waals surface area contributed by atoms with Gasteiger partial charge in [0, 0.05) is 22.4 Å². The van der Waals surface area contributed by atoms with E-state index in [1.807, 2.05) is 12.1 Å². The Morgan fingerprint density at radius 1 is 1.27 bits per heavy atom. The van der Waals surface area contributed by atoms with Crippen molar-refractivity contribution in [1.82, 2.24) is 0 Å². The second-order valence-electron chi connectivity index (χ2n) is 3.83. The Labute approximate surface area is 91.8 Å². The van der Waals surface area contributed by atoms with Crippen LogP contribution < -0.4 is 0 Å². The molecule has 1 aliphatic carbocycles. The Hall–Kier alpha value is -1.28. The quantitative estimate of drug-likeness (QED) is 0.679. The molecule has 1 aromatic carbocycles. The third-order valence-electron chi connectivity index (χ3n) is 2.84.